The minimum absolute atomic E-state index is 0.177. The van der Waals surface area contributed by atoms with Gasteiger partial charge in [-0.3, -0.25) is 10.3 Å². The first-order valence-electron chi connectivity index (χ1n) is 6.13. The molecule has 2 rings (SSSR count). The van der Waals surface area contributed by atoms with E-state index in [2.05, 4.69) is 24.2 Å². The van der Waals surface area contributed by atoms with E-state index in [1.807, 2.05) is 42.5 Å². The largest absolute Gasteiger partial charge is 0.386 e. The Bertz CT molecular complexity index is 508. The maximum Gasteiger partial charge on any atom is 0.105 e. The van der Waals surface area contributed by atoms with Crippen LogP contribution in [0.2, 0.25) is 0 Å². The summed E-state index contributed by atoms with van der Waals surface area (Å²) in [6, 6.07) is 17.9. The molecule has 1 unspecified atom stereocenters. The predicted molar refractivity (Wildman–Crippen MR) is 76.1 cm³/mol. The molecule has 0 saturated carbocycles. The molecule has 3 nitrogen and oxygen atoms in total. The number of hydroxylamine groups is 1. The van der Waals surface area contributed by atoms with E-state index in [-0.39, 0.29) is 6.61 Å². The van der Waals surface area contributed by atoms with E-state index in [1.54, 1.807) is 0 Å². The third-order valence-corrected chi connectivity index (χ3v) is 2.81. The molecule has 98 valence electrons. The van der Waals surface area contributed by atoms with Gasteiger partial charge in [-0.15, -0.1) is 0 Å². The monoisotopic (exact) mass is 255 g/mol. The summed E-state index contributed by atoms with van der Waals surface area (Å²) in [6.45, 7) is 3.63. The second-order valence-electron chi connectivity index (χ2n) is 4.14. The first kappa shape index (κ1) is 13.3. The first-order valence-corrected chi connectivity index (χ1v) is 6.13. The van der Waals surface area contributed by atoms with Gasteiger partial charge in [-0.05, 0) is 16.7 Å². The summed E-state index contributed by atoms with van der Waals surface area (Å²) in [6.07, 6.45) is 0.767. The van der Waals surface area contributed by atoms with Gasteiger partial charge in [0.05, 0.1) is 0 Å². The van der Waals surface area contributed by atoms with Gasteiger partial charge >= 0.3 is 0 Å². The Morgan fingerprint density at radius 1 is 1.05 bits per heavy atom. The van der Waals surface area contributed by atoms with Crippen molar-refractivity contribution < 1.29 is 9.94 Å². The lowest BCUT2D eigenvalue weighted by Gasteiger charge is -2.11. The van der Waals surface area contributed by atoms with Crippen molar-refractivity contribution in [3.63, 3.8) is 0 Å². The number of hydrogen-bond donors (Lipinski definition) is 2. The van der Waals surface area contributed by atoms with E-state index in [4.69, 9.17) is 4.84 Å². The van der Waals surface area contributed by atoms with Crippen LogP contribution in [0.5, 0.6) is 0 Å². The number of aliphatic hydroxyl groups excluding tert-OH is 1. The van der Waals surface area contributed by atoms with Gasteiger partial charge < -0.3 is 5.11 Å². The highest BCUT2D eigenvalue weighted by Gasteiger charge is 2.07. The maximum atomic E-state index is 9.91. The van der Waals surface area contributed by atoms with Crippen molar-refractivity contribution in [3.8, 4) is 11.1 Å². The second kappa shape index (κ2) is 6.73. The van der Waals surface area contributed by atoms with E-state index in [1.165, 1.54) is 6.20 Å². The zero-order chi connectivity index (χ0) is 13.5. The Hall–Kier alpha value is -2.10. The van der Waals surface area contributed by atoms with Crippen molar-refractivity contribution in [1.82, 2.24) is 5.48 Å². The minimum Gasteiger partial charge on any atom is -0.386 e. The molecule has 19 heavy (non-hydrogen) atoms. The van der Waals surface area contributed by atoms with Crippen molar-refractivity contribution in [1.29, 1.82) is 0 Å². The Balaban J connectivity index is 2.04. The lowest BCUT2D eigenvalue weighted by molar-refractivity contribution is -0.00152. The molecule has 0 aromatic heterocycles. The summed E-state index contributed by atoms with van der Waals surface area (Å²) in [4.78, 5) is 5.00. The van der Waals surface area contributed by atoms with Crippen LogP contribution in [0.4, 0.5) is 0 Å². The molecule has 2 N–H and O–H groups in total. The molecule has 0 amide bonds. The van der Waals surface area contributed by atoms with Gasteiger partial charge in [-0.25, -0.2) is 0 Å². The average Bonchev–Trinajstić information content (AvgIpc) is 2.48. The quantitative estimate of drug-likeness (QED) is 0.615. The summed E-state index contributed by atoms with van der Waals surface area (Å²) < 4.78 is 0. The smallest absolute Gasteiger partial charge is 0.105 e. The molecule has 0 aliphatic heterocycles. The van der Waals surface area contributed by atoms with Gasteiger partial charge in [0.25, 0.3) is 0 Å². The number of hydrogen-bond acceptors (Lipinski definition) is 3. The normalized spacial score (nSPS) is 11.8. The van der Waals surface area contributed by atoms with Crippen molar-refractivity contribution in [3.05, 3.63) is 72.9 Å². The van der Waals surface area contributed by atoms with E-state index < -0.39 is 6.10 Å². The van der Waals surface area contributed by atoms with Crippen LogP contribution in [0.1, 0.15) is 11.7 Å². The fraction of sp³-hybridized carbons (Fsp3) is 0.125. The maximum absolute atomic E-state index is 9.91. The second-order valence-corrected chi connectivity index (χ2v) is 4.14. The van der Waals surface area contributed by atoms with Crippen molar-refractivity contribution >= 4 is 0 Å². The van der Waals surface area contributed by atoms with E-state index in [0.29, 0.717) is 0 Å². The third-order valence-electron chi connectivity index (χ3n) is 2.81. The Morgan fingerprint density at radius 2 is 1.68 bits per heavy atom. The zero-order valence-corrected chi connectivity index (χ0v) is 10.6. The lowest BCUT2D eigenvalue weighted by Crippen LogP contribution is -2.13. The van der Waals surface area contributed by atoms with Crippen LogP contribution in [-0.4, -0.2) is 11.7 Å². The van der Waals surface area contributed by atoms with Crippen LogP contribution >= 0.6 is 0 Å². The van der Waals surface area contributed by atoms with Crippen molar-refractivity contribution in [2.24, 2.45) is 0 Å². The molecule has 0 saturated heterocycles. The highest BCUT2D eigenvalue weighted by molar-refractivity contribution is 5.63. The van der Waals surface area contributed by atoms with Gasteiger partial charge in [0, 0.05) is 6.20 Å². The number of nitrogens with one attached hydrogen (secondary N) is 1. The minimum atomic E-state index is -0.655. The van der Waals surface area contributed by atoms with E-state index in [9.17, 15) is 5.11 Å². The summed E-state index contributed by atoms with van der Waals surface area (Å²) in [7, 11) is 0. The van der Waals surface area contributed by atoms with Crippen LogP contribution in [0.3, 0.4) is 0 Å². The van der Waals surface area contributed by atoms with Crippen LogP contribution in [-0.2, 0) is 4.84 Å². The fourth-order valence-corrected chi connectivity index (χ4v) is 1.81. The average molecular weight is 255 g/mol. The molecular formula is C16H17NO2. The van der Waals surface area contributed by atoms with Crippen LogP contribution in [0, 0.1) is 0 Å². The Morgan fingerprint density at radius 3 is 2.32 bits per heavy atom. The number of rotatable bonds is 6. The zero-order valence-electron chi connectivity index (χ0n) is 10.6. The van der Waals surface area contributed by atoms with E-state index in [0.717, 1.165) is 16.7 Å². The van der Waals surface area contributed by atoms with Crippen LogP contribution < -0.4 is 5.48 Å². The van der Waals surface area contributed by atoms with Crippen molar-refractivity contribution in [2.75, 3.05) is 6.61 Å². The molecule has 3 heteroatoms. The fourth-order valence-electron chi connectivity index (χ4n) is 1.81. The molecule has 0 aliphatic rings. The van der Waals surface area contributed by atoms with Crippen molar-refractivity contribution in [2.45, 2.75) is 6.10 Å². The van der Waals surface area contributed by atoms with Gasteiger partial charge in [-0.2, -0.15) is 0 Å². The molecule has 0 aliphatic carbocycles. The predicted octanol–water partition coefficient (Wildman–Crippen LogP) is 3.05. The topological polar surface area (TPSA) is 41.5 Å². The van der Waals surface area contributed by atoms with Crippen LogP contribution in [0.15, 0.2) is 67.4 Å². The number of benzene rings is 2. The van der Waals surface area contributed by atoms with E-state index >= 15 is 0 Å². The van der Waals surface area contributed by atoms with Gasteiger partial charge in [0.2, 0.25) is 0 Å². The standard InChI is InChI=1S/C16H17NO2/c1-2-17-19-12-16(18)15-10-8-14(9-11-15)13-6-4-3-5-7-13/h2-11,16-18H,1,12H2. The number of aliphatic hydroxyl groups is 1. The molecule has 2 aromatic rings. The molecule has 0 fully saturated rings. The Labute approximate surface area is 113 Å². The molecule has 2 aromatic carbocycles. The highest BCUT2D eigenvalue weighted by atomic mass is 16.6. The summed E-state index contributed by atoms with van der Waals surface area (Å²) in [5.74, 6) is 0. The molecule has 0 radical (unpaired) electrons. The first-order chi connectivity index (χ1) is 9.31. The molecular weight excluding hydrogens is 238 g/mol. The SMILES string of the molecule is C=CNOCC(O)c1ccc(-c2ccccc2)cc1. The molecule has 0 heterocycles. The van der Waals surface area contributed by atoms with Crippen LogP contribution in [0.25, 0.3) is 11.1 Å². The molecule has 1 atom stereocenters. The van der Waals surface area contributed by atoms with Gasteiger partial charge in [-0.1, -0.05) is 61.2 Å². The third kappa shape index (κ3) is 3.68. The summed E-state index contributed by atoms with van der Waals surface area (Å²) >= 11 is 0. The lowest BCUT2D eigenvalue weighted by atomic mass is 10.0. The highest BCUT2D eigenvalue weighted by Crippen LogP contribution is 2.21. The molecule has 0 bridgehead atoms. The summed E-state index contributed by atoms with van der Waals surface area (Å²) in [5.41, 5.74) is 5.60. The van der Waals surface area contributed by atoms with Gasteiger partial charge in [0.1, 0.15) is 12.7 Å². The molecule has 0 spiro atoms. The summed E-state index contributed by atoms with van der Waals surface area (Å²) in [5, 5.41) is 9.91. The Kier molecular flexibility index (Phi) is 4.72. The van der Waals surface area contributed by atoms with Gasteiger partial charge in [0.15, 0.2) is 0 Å².